The molecule has 1 aliphatic heterocycles. The van der Waals surface area contributed by atoms with Crippen LogP contribution in [0, 0.1) is 5.82 Å². The number of benzene rings is 2. The number of hydrogen-bond acceptors (Lipinski definition) is 4. The van der Waals surface area contributed by atoms with Crippen molar-refractivity contribution in [3.8, 4) is 0 Å². The van der Waals surface area contributed by atoms with Crippen molar-refractivity contribution in [2.75, 3.05) is 6.61 Å². The zero-order valence-corrected chi connectivity index (χ0v) is 15.2. The average molecular weight is 355 g/mol. The van der Waals surface area contributed by atoms with Gasteiger partial charge in [0.05, 0.1) is 5.56 Å². The molecule has 26 heavy (non-hydrogen) atoms. The first-order valence-electron chi connectivity index (χ1n) is 8.54. The van der Waals surface area contributed by atoms with E-state index in [9.17, 15) is 9.18 Å². The summed E-state index contributed by atoms with van der Waals surface area (Å²) in [5.41, 5.74) is -0.713. The molecule has 0 saturated heterocycles. The van der Waals surface area contributed by atoms with E-state index in [1.165, 1.54) is 6.07 Å². The summed E-state index contributed by atoms with van der Waals surface area (Å²) in [7, 11) is 0. The molecule has 0 aromatic heterocycles. The fraction of sp³-hybridized carbons (Fsp3) is 0.333. The van der Waals surface area contributed by atoms with Crippen LogP contribution in [-0.4, -0.2) is 29.6 Å². The molecule has 0 radical (unpaired) electrons. The lowest BCUT2D eigenvalue weighted by molar-refractivity contribution is -0.162. The molecule has 2 aromatic rings. The number of halogens is 1. The molecule has 0 saturated carbocycles. The Labute approximate surface area is 152 Å². The number of esters is 1. The van der Waals surface area contributed by atoms with Crippen molar-refractivity contribution < 1.29 is 18.7 Å². The SMILES string of the molecule is CC(C)(C)OC(=O)[C@@]1(Cc2ccccc2)COC(c2ccccc2F)=N1. The van der Waals surface area contributed by atoms with Gasteiger partial charge in [0.25, 0.3) is 0 Å². The number of carbonyl (C=O) groups excluding carboxylic acids is 1. The average Bonchev–Trinajstić information content (AvgIpc) is 3.00. The van der Waals surface area contributed by atoms with Gasteiger partial charge in [-0.25, -0.2) is 14.2 Å². The third-order valence-corrected chi connectivity index (χ3v) is 3.99. The molecule has 0 unspecified atom stereocenters. The quantitative estimate of drug-likeness (QED) is 0.781. The van der Waals surface area contributed by atoms with Crippen molar-refractivity contribution in [2.24, 2.45) is 4.99 Å². The zero-order chi connectivity index (χ0) is 18.8. The topological polar surface area (TPSA) is 47.9 Å². The lowest BCUT2D eigenvalue weighted by Gasteiger charge is -2.28. The summed E-state index contributed by atoms with van der Waals surface area (Å²) in [4.78, 5) is 17.5. The van der Waals surface area contributed by atoms with Gasteiger partial charge >= 0.3 is 5.97 Å². The van der Waals surface area contributed by atoms with Crippen molar-refractivity contribution >= 4 is 11.9 Å². The Balaban J connectivity index is 1.99. The highest BCUT2D eigenvalue weighted by Crippen LogP contribution is 2.30. The first-order chi connectivity index (χ1) is 12.3. The van der Waals surface area contributed by atoms with Gasteiger partial charge in [-0.3, -0.25) is 0 Å². The summed E-state index contributed by atoms with van der Waals surface area (Å²) >= 11 is 0. The van der Waals surface area contributed by atoms with Crippen molar-refractivity contribution in [1.29, 1.82) is 0 Å². The Morgan fingerprint density at radius 1 is 1.15 bits per heavy atom. The molecule has 2 aromatic carbocycles. The number of hydrogen-bond donors (Lipinski definition) is 0. The van der Waals surface area contributed by atoms with Gasteiger partial charge in [-0.2, -0.15) is 0 Å². The Morgan fingerprint density at radius 2 is 1.81 bits per heavy atom. The third-order valence-electron chi connectivity index (χ3n) is 3.99. The minimum atomic E-state index is -1.23. The van der Waals surface area contributed by atoms with Crippen molar-refractivity contribution in [2.45, 2.75) is 38.3 Å². The van der Waals surface area contributed by atoms with E-state index in [0.717, 1.165) is 5.56 Å². The highest BCUT2D eigenvalue weighted by Gasteiger charge is 2.47. The van der Waals surface area contributed by atoms with E-state index in [0.29, 0.717) is 6.42 Å². The van der Waals surface area contributed by atoms with E-state index >= 15 is 0 Å². The van der Waals surface area contributed by atoms with Crippen LogP contribution in [0.4, 0.5) is 4.39 Å². The van der Waals surface area contributed by atoms with Crippen LogP contribution in [0.15, 0.2) is 59.6 Å². The van der Waals surface area contributed by atoms with Crippen LogP contribution in [0.5, 0.6) is 0 Å². The number of ether oxygens (including phenoxy) is 2. The highest BCUT2D eigenvalue weighted by atomic mass is 19.1. The number of nitrogens with zero attached hydrogens (tertiary/aromatic N) is 1. The van der Waals surface area contributed by atoms with Crippen molar-refractivity contribution in [1.82, 2.24) is 0 Å². The van der Waals surface area contributed by atoms with Gasteiger partial charge in [0.2, 0.25) is 5.90 Å². The molecule has 0 aliphatic carbocycles. The van der Waals surface area contributed by atoms with Crippen LogP contribution in [0.25, 0.3) is 0 Å². The molecule has 4 nitrogen and oxygen atoms in total. The monoisotopic (exact) mass is 355 g/mol. The fourth-order valence-electron chi connectivity index (χ4n) is 2.79. The summed E-state index contributed by atoms with van der Waals surface area (Å²) in [5, 5.41) is 0. The summed E-state index contributed by atoms with van der Waals surface area (Å²) in [6.07, 6.45) is 0.320. The van der Waals surface area contributed by atoms with Gasteiger partial charge in [-0.15, -0.1) is 0 Å². The van der Waals surface area contributed by atoms with E-state index in [1.807, 2.05) is 30.3 Å². The normalized spacial score (nSPS) is 19.6. The minimum absolute atomic E-state index is 0.0144. The summed E-state index contributed by atoms with van der Waals surface area (Å²) < 4.78 is 25.4. The van der Waals surface area contributed by atoms with E-state index in [4.69, 9.17) is 9.47 Å². The molecule has 0 fully saturated rings. The van der Waals surface area contributed by atoms with Gasteiger partial charge in [-0.1, -0.05) is 42.5 Å². The van der Waals surface area contributed by atoms with Gasteiger partial charge in [-0.05, 0) is 38.5 Å². The molecular formula is C21H22FNO3. The summed E-state index contributed by atoms with van der Waals surface area (Å²) in [5.74, 6) is -0.781. The van der Waals surface area contributed by atoms with Crippen LogP contribution in [0.3, 0.4) is 0 Å². The van der Waals surface area contributed by atoms with Crippen molar-refractivity contribution in [3.05, 3.63) is 71.5 Å². The molecule has 5 heteroatoms. The maximum absolute atomic E-state index is 14.1. The molecule has 1 atom stereocenters. The zero-order valence-electron chi connectivity index (χ0n) is 15.2. The second-order valence-electron chi connectivity index (χ2n) is 7.38. The first-order valence-corrected chi connectivity index (χ1v) is 8.54. The van der Waals surface area contributed by atoms with Crippen molar-refractivity contribution in [3.63, 3.8) is 0 Å². The second kappa shape index (κ2) is 6.90. The highest BCUT2D eigenvalue weighted by molar-refractivity contribution is 5.99. The molecule has 0 amide bonds. The lowest BCUT2D eigenvalue weighted by Crippen LogP contribution is -2.45. The van der Waals surface area contributed by atoms with E-state index in [2.05, 4.69) is 4.99 Å². The van der Waals surface area contributed by atoms with E-state index in [-0.39, 0.29) is 18.1 Å². The summed E-state index contributed by atoms with van der Waals surface area (Å²) in [6.45, 7) is 5.43. The standard InChI is InChI=1S/C21H22FNO3/c1-20(2,3)26-19(24)21(13-15-9-5-4-6-10-15)14-25-18(23-21)16-11-7-8-12-17(16)22/h4-12H,13-14H2,1-3H3/t21-/m1/s1. The molecule has 1 aliphatic rings. The van der Waals surface area contributed by atoms with Crippen LogP contribution in [0.1, 0.15) is 31.9 Å². The number of aliphatic imine (C=N–C) groups is 1. The predicted molar refractivity (Wildman–Crippen MR) is 97.6 cm³/mol. The number of carbonyl (C=O) groups is 1. The Bertz CT molecular complexity index is 827. The molecule has 3 rings (SSSR count). The first kappa shape index (κ1) is 18.1. The van der Waals surface area contributed by atoms with Gasteiger partial charge in [0, 0.05) is 6.42 Å². The van der Waals surface area contributed by atoms with Gasteiger partial charge < -0.3 is 9.47 Å². The van der Waals surface area contributed by atoms with Crippen LogP contribution >= 0.6 is 0 Å². The fourth-order valence-corrected chi connectivity index (χ4v) is 2.79. The molecule has 136 valence electrons. The van der Waals surface area contributed by atoms with E-state index in [1.54, 1.807) is 39.0 Å². The maximum Gasteiger partial charge on any atom is 0.338 e. The molecule has 1 heterocycles. The molecule has 0 N–H and O–H groups in total. The smallest absolute Gasteiger partial charge is 0.338 e. The molecular weight excluding hydrogens is 333 g/mol. The number of rotatable bonds is 4. The Kier molecular flexibility index (Phi) is 4.81. The second-order valence-corrected chi connectivity index (χ2v) is 7.38. The van der Waals surface area contributed by atoms with Gasteiger partial charge in [0.1, 0.15) is 18.0 Å². The Morgan fingerprint density at radius 3 is 2.46 bits per heavy atom. The largest absolute Gasteiger partial charge is 0.474 e. The minimum Gasteiger partial charge on any atom is -0.474 e. The van der Waals surface area contributed by atoms with Crippen LogP contribution in [0.2, 0.25) is 0 Å². The molecule has 0 bridgehead atoms. The van der Waals surface area contributed by atoms with Gasteiger partial charge in [0.15, 0.2) is 5.54 Å². The third kappa shape index (κ3) is 3.93. The maximum atomic E-state index is 14.1. The lowest BCUT2D eigenvalue weighted by atomic mass is 9.92. The predicted octanol–water partition coefficient (Wildman–Crippen LogP) is 3.93. The van der Waals surface area contributed by atoms with Crippen LogP contribution in [-0.2, 0) is 20.7 Å². The van der Waals surface area contributed by atoms with Crippen LogP contribution < -0.4 is 0 Å². The summed E-state index contributed by atoms with van der Waals surface area (Å²) in [6, 6.07) is 15.8. The Hall–Kier alpha value is -2.69. The molecule has 0 spiro atoms. The van der Waals surface area contributed by atoms with E-state index < -0.39 is 22.9 Å².